The van der Waals surface area contributed by atoms with Crippen LogP contribution < -0.4 is 4.74 Å². The maximum atomic E-state index is 10.3. The van der Waals surface area contributed by atoms with E-state index in [4.69, 9.17) is 9.47 Å². The number of hydrogen-bond acceptors (Lipinski definition) is 4. The van der Waals surface area contributed by atoms with Gasteiger partial charge < -0.3 is 14.6 Å². The van der Waals surface area contributed by atoms with Crippen LogP contribution in [0, 0.1) is 20.8 Å². The predicted octanol–water partition coefficient (Wildman–Crippen LogP) is 4.09. The van der Waals surface area contributed by atoms with Crippen LogP contribution >= 0.6 is 0 Å². The zero-order chi connectivity index (χ0) is 16.8. The van der Waals surface area contributed by atoms with E-state index in [1.54, 1.807) is 25.5 Å². The number of phenols is 1. The molecule has 0 atom stereocenters. The highest BCUT2D eigenvalue weighted by Crippen LogP contribution is 2.30. The molecule has 4 heteroatoms. The molecule has 0 radical (unpaired) electrons. The van der Waals surface area contributed by atoms with E-state index in [-0.39, 0.29) is 5.75 Å². The highest BCUT2D eigenvalue weighted by molar-refractivity contribution is 5.87. The average molecular weight is 313 g/mol. The molecule has 0 aliphatic rings. The Balaban J connectivity index is 2.25. The van der Waals surface area contributed by atoms with Crippen molar-refractivity contribution in [2.75, 3.05) is 20.3 Å². The highest BCUT2D eigenvalue weighted by atomic mass is 16.5. The van der Waals surface area contributed by atoms with Crippen LogP contribution in [0.4, 0.5) is 5.69 Å². The molecule has 0 fully saturated rings. The lowest BCUT2D eigenvalue weighted by Gasteiger charge is -2.09. The van der Waals surface area contributed by atoms with Gasteiger partial charge in [0.2, 0.25) is 0 Å². The molecule has 0 bridgehead atoms. The molecular formula is C19H23NO3. The number of aromatic hydroxyl groups is 1. The third-order valence-electron chi connectivity index (χ3n) is 3.54. The molecule has 0 saturated carbocycles. The molecule has 0 unspecified atom stereocenters. The van der Waals surface area contributed by atoms with Crippen LogP contribution in [-0.4, -0.2) is 31.6 Å². The monoisotopic (exact) mass is 313 g/mol. The quantitative estimate of drug-likeness (QED) is 0.645. The lowest BCUT2D eigenvalue weighted by atomic mass is 10.1. The van der Waals surface area contributed by atoms with Crippen molar-refractivity contribution >= 4 is 11.9 Å². The summed E-state index contributed by atoms with van der Waals surface area (Å²) in [6.45, 7) is 7.01. The van der Waals surface area contributed by atoms with Crippen LogP contribution in [0.2, 0.25) is 0 Å². The highest BCUT2D eigenvalue weighted by Gasteiger charge is 2.07. The summed E-state index contributed by atoms with van der Waals surface area (Å²) in [5.41, 5.74) is 5.01. The summed E-state index contributed by atoms with van der Waals surface area (Å²) in [6.07, 6.45) is 1.67. The van der Waals surface area contributed by atoms with Crippen molar-refractivity contribution in [2.45, 2.75) is 20.8 Å². The minimum atomic E-state index is 0.0924. The second-order valence-corrected chi connectivity index (χ2v) is 5.54. The molecule has 23 heavy (non-hydrogen) atoms. The van der Waals surface area contributed by atoms with E-state index in [2.05, 4.69) is 24.0 Å². The number of nitrogens with zero attached hydrogens (tertiary/aromatic N) is 1. The van der Waals surface area contributed by atoms with Gasteiger partial charge in [0.1, 0.15) is 6.61 Å². The van der Waals surface area contributed by atoms with Crippen LogP contribution in [0.5, 0.6) is 11.5 Å². The Labute approximate surface area is 137 Å². The lowest BCUT2D eigenvalue weighted by molar-refractivity contribution is 0.144. The Hall–Kier alpha value is -2.33. The smallest absolute Gasteiger partial charge is 0.166 e. The fourth-order valence-electron chi connectivity index (χ4n) is 2.51. The lowest BCUT2D eigenvalue weighted by Crippen LogP contribution is -2.04. The van der Waals surface area contributed by atoms with Gasteiger partial charge in [0.05, 0.1) is 12.3 Å². The van der Waals surface area contributed by atoms with Crippen molar-refractivity contribution in [3.05, 3.63) is 52.6 Å². The Morgan fingerprint density at radius 1 is 1.09 bits per heavy atom. The van der Waals surface area contributed by atoms with E-state index >= 15 is 0 Å². The van der Waals surface area contributed by atoms with Gasteiger partial charge in [-0.2, -0.15) is 0 Å². The van der Waals surface area contributed by atoms with Gasteiger partial charge in [-0.25, -0.2) is 0 Å². The molecule has 4 nitrogen and oxygen atoms in total. The summed E-state index contributed by atoms with van der Waals surface area (Å²) in [5.74, 6) is 0.526. The Morgan fingerprint density at radius 3 is 2.43 bits per heavy atom. The fraction of sp³-hybridized carbons (Fsp3) is 0.316. The average Bonchev–Trinajstić information content (AvgIpc) is 2.49. The van der Waals surface area contributed by atoms with Gasteiger partial charge in [-0.3, -0.25) is 4.99 Å². The van der Waals surface area contributed by atoms with E-state index < -0.39 is 0 Å². The molecule has 1 N–H and O–H groups in total. The number of rotatable bonds is 6. The standard InChI is InChI=1S/C19H23NO3/c1-13-10-14(2)18(15(3)11-13)20-12-16-6-5-7-17(19(16)21)23-9-8-22-4/h5-7,10-12,21H,8-9H2,1-4H3. The number of ether oxygens (including phenoxy) is 2. The first kappa shape index (κ1) is 17.0. The molecule has 2 aromatic carbocycles. The zero-order valence-corrected chi connectivity index (χ0v) is 14.1. The third kappa shape index (κ3) is 4.33. The summed E-state index contributed by atoms with van der Waals surface area (Å²) in [7, 11) is 1.61. The maximum Gasteiger partial charge on any atom is 0.166 e. The zero-order valence-electron chi connectivity index (χ0n) is 14.1. The van der Waals surface area contributed by atoms with Gasteiger partial charge in [0.15, 0.2) is 11.5 Å². The Bertz CT molecular complexity index is 685. The van der Waals surface area contributed by atoms with Crippen LogP contribution in [0.1, 0.15) is 22.3 Å². The number of aryl methyl sites for hydroxylation is 3. The van der Waals surface area contributed by atoms with Crippen LogP contribution in [0.25, 0.3) is 0 Å². The molecule has 0 heterocycles. The van der Waals surface area contributed by atoms with Crippen molar-refractivity contribution in [1.29, 1.82) is 0 Å². The minimum absolute atomic E-state index is 0.0924. The number of benzene rings is 2. The molecule has 0 spiro atoms. The summed E-state index contributed by atoms with van der Waals surface area (Å²) >= 11 is 0. The normalized spacial score (nSPS) is 11.1. The molecule has 2 rings (SSSR count). The van der Waals surface area contributed by atoms with Gasteiger partial charge in [-0.05, 0) is 44.0 Å². The van der Waals surface area contributed by atoms with Gasteiger partial charge >= 0.3 is 0 Å². The number of methoxy groups -OCH3 is 1. The van der Waals surface area contributed by atoms with Gasteiger partial charge in [-0.15, -0.1) is 0 Å². The Kier molecular flexibility index (Phi) is 5.77. The van der Waals surface area contributed by atoms with Crippen molar-refractivity contribution in [2.24, 2.45) is 4.99 Å². The van der Waals surface area contributed by atoms with Crippen LogP contribution in [0.3, 0.4) is 0 Å². The summed E-state index contributed by atoms with van der Waals surface area (Å²) < 4.78 is 10.4. The van der Waals surface area contributed by atoms with Crippen molar-refractivity contribution in [1.82, 2.24) is 0 Å². The first-order valence-electron chi connectivity index (χ1n) is 7.58. The number of aliphatic imine (C=N–C) groups is 1. The minimum Gasteiger partial charge on any atom is -0.504 e. The summed E-state index contributed by atoms with van der Waals surface area (Å²) in [5, 5.41) is 10.3. The molecule has 0 aliphatic heterocycles. The molecule has 0 aliphatic carbocycles. The molecule has 0 saturated heterocycles. The fourth-order valence-corrected chi connectivity index (χ4v) is 2.51. The van der Waals surface area contributed by atoms with Crippen molar-refractivity contribution < 1.29 is 14.6 Å². The van der Waals surface area contributed by atoms with E-state index in [0.717, 1.165) is 16.8 Å². The summed E-state index contributed by atoms with van der Waals surface area (Å²) in [4.78, 5) is 4.55. The number of para-hydroxylation sites is 1. The largest absolute Gasteiger partial charge is 0.504 e. The van der Waals surface area contributed by atoms with Gasteiger partial charge in [-0.1, -0.05) is 23.8 Å². The Morgan fingerprint density at radius 2 is 1.78 bits per heavy atom. The van der Waals surface area contributed by atoms with E-state index in [0.29, 0.717) is 24.5 Å². The van der Waals surface area contributed by atoms with Crippen LogP contribution in [-0.2, 0) is 4.74 Å². The first-order valence-corrected chi connectivity index (χ1v) is 7.58. The first-order chi connectivity index (χ1) is 11.0. The van der Waals surface area contributed by atoms with Crippen LogP contribution in [0.15, 0.2) is 35.3 Å². The third-order valence-corrected chi connectivity index (χ3v) is 3.54. The van der Waals surface area contributed by atoms with E-state index in [9.17, 15) is 5.11 Å². The molecule has 122 valence electrons. The summed E-state index contributed by atoms with van der Waals surface area (Å²) in [6, 6.07) is 9.57. The molecule has 0 aromatic heterocycles. The maximum absolute atomic E-state index is 10.3. The van der Waals surface area contributed by atoms with Gasteiger partial charge in [0.25, 0.3) is 0 Å². The van der Waals surface area contributed by atoms with E-state index in [1.807, 2.05) is 19.9 Å². The second-order valence-electron chi connectivity index (χ2n) is 5.54. The number of phenolic OH excluding ortho intramolecular Hbond substituents is 1. The number of hydrogen-bond donors (Lipinski definition) is 1. The predicted molar refractivity (Wildman–Crippen MR) is 93.4 cm³/mol. The van der Waals surface area contributed by atoms with Gasteiger partial charge in [0, 0.05) is 18.9 Å². The van der Waals surface area contributed by atoms with Crippen molar-refractivity contribution in [3.8, 4) is 11.5 Å². The van der Waals surface area contributed by atoms with Crippen molar-refractivity contribution in [3.63, 3.8) is 0 Å². The SMILES string of the molecule is COCCOc1cccc(C=Nc2c(C)cc(C)cc2C)c1O. The molecule has 2 aromatic rings. The molecule has 0 amide bonds. The second kappa shape index (κ2) is 7.79. The van der Waals surface area contributed by atoms with E-state index in [1.165, 1.54) is 5.56 Å². The topological polar surface area (TPSA) is 51.0 Å². The molecular weight excluding hydrogens is 290 g/mol.